The number of carbonyl (C=O) groups is 2. The van der Waals surface area contributed by atoms with Crippen molar-refractivity contribution in [3.05, 3.63) is 71.3 Å². The maximum Gasteiger partial charge on any atom is 0.334 e. The molecular weight excluding hydrogens is 370 g/mol. The topological polar surface area (TPSA) is 87.0 Å². The van der Waals surface area contributed by atoms with Crippen molar-refractivity contribution < 1.29 is 19.8 Å². The molecule has 1 aliphatic rings. The lowest BCUT2D eigenvalue weighted by Crippen LogP contribution is -2.13. The van der Waals surface area contributed by atoms with Crippen molar-refractivity contribution in [2.45, 2.75) is 4.90 Å². The van der Waals surface area contributed by atoms with Crippen LogP contribution in [0.25, 0.3) is 4.91 Å². The number of aliphatic carboxylic acids is 2. The van der Waals surface area contributed by atoms with Crippen molar-refractivity contribution >= 4 is 45.4 Å². The molecule has 0 aliphatic carbocycles. The average molecular weight is 385 g/mol. The van der Waals surface area contributed by atoms with E-state index in [0.717, 1.165) is 21.1 Å². The maximum atomic E-state index is 11.6. The molecule has 0 amide bonds. The molecule has 0 saturated carbocycles. The second-order valence-corrected chi connectivity index (χ2v) is 7.46. The van der Waals surface area contributed by atoms with Crippen LogP contribution in [-0.4, -0.2) is 39.5 Å². The van der Waals surface area contributed by atoms with E-state index in [-0.39, 0.29) is 12.3 Å². The molecule has 0 unspecified atom stereocenters. The molecule has 2 aromatic carbocycles. The summed E-state index contributed by atoms with van der Waals surface area (Å²) in [5, 5.41) is 19.0. The van der Waals surface area contributed by atoms with E-state index >= 15 is 0 Å². The summed E-state index contributed by atoms with van der Waals surface area (Å²) in [4.78, 5) is 28.2. The number of thioether (sulfide) groups is 2. The second-order valence-electron chi connectivity index (χ2n) is 5.41. The number of rotatable bonds is 6. The summed E-state index contributed by atoms with van der Waals surface area (Å²) in [7, 11) is 0. The van der Waals surface area contributed by atoms with Crippen molar-refractivity contribution in [3.63, 3.8) is 0 Å². The van der Waals surface area contributed by atoms with Crippen molar-refractivity contribution in [2.24, 2.45) is 4.99 Å². The molecule has 7 heteroatoms. The Morgan fingerprint density at radius 2 is 1.69 bits per heavy atom. The number of benzene rings is 2. The number of carboxylic acids is 2. The lowest BCUT2D eigenvalue weighted by Gasteiger charge is -2.18. The minimum atomic E-state index is -0.959. The molecule has 0 aromatic heterocycles. The Hall–Kier alpha value is -2.51. The molecule has 0 saturated heterocycles. The van der Waals surface area contributed by atoms with Gasteiger partial charge in [-0.1, -0.05) is 54.2 Å². The van der Waals surface area contributed by atoms with Gasteiger partial charge in [0.25, 0.3) is 0 Å². The molecular formula is C19H15NO4S2. The van der Waals surface area contributed by atoms with Gasteiger partial charge in [0.15, 0.2) is 0 Å². The van der Waals surface area contributed by atoms with Crippen molar-refractivity contribution in [2.75, 3.05) is 12.3 Å². The summed E-state index contributed by atoms with van der Waals surface area (Å²) in [6.45, 7) is 0.122. The van der Waals surface area contributed by atoms with Gasteiger partial charge in [-0.15, -0.1) is 11.8 Å². The molecule has 0 fully saturated rings. The second kappa shape index (κ2) is 8.25. The summed E-state index contributed by atoms with van der Waals surface area (Å²) in [6.07, 6.45) is 0. The highest BCUT2D eigenvalue weighted by Gasteiger charge is 2.23. The monoisotopic (exact) mass is 385 g/mol. The first-order valence-corrected chi connectivity index (χ1v) is 9.54. The summed E-state index contributed by atoms with van der Waals surface area (Å²) in [6, 6.07) is 16.9. The van der Waals surface area contributed by atoms with Crippen molar-refractivity contribution in [1.82, 2.24) is 0 Å². The van der Waals surface area contributed by atoms with Crippen LogP contribution in [0.15, 0.2) is 70.1 Å². The van der Waals surface area contributed by atoms with Gasteiger partial charge in [-0.25, -0.2) is 4.79 Å². The summed E-state index contributed by atoms with van der Waals surface area (Å²) in [5.41, 5.74) is 2.03. The van der Waals surface area contributed by atoms with Crippen LogP contribution in [0.1, 0.15) is 11.1 Å². The van der Waals surface area contributed by atoms with E-state index in [9.17, 15) is 14.7 Å². The van der Waals surface area contributed by atoms with Crippen LogP contribution in [0.2, 0.25) is 0 Å². The van der Waals surface area contributed by atoms with Gasteiger partial charge in [0.1, 0.15) is 5.04 Å². The van der Waals surface area contributed by atoms with Crippen LogP contribution in [0.3, 0.4) is 0 Å². The largest absolute Gasteiger partial charge is 0.481 e. The number of hydrogen-bond donors (Lipinski definition) is 2. The fraction of sp³-hybridized carbons (Fsp3) is 0.105. The Labute approximate surface area is 158 Å². The SMILES string of the molecule is O=C(O)CSc1ccc(C2=NCC(C(=O)O)=C(c3ccccc3)S2)cc1. The highest BCUT2D eigenvalue weighted by Crippen LogP contribution is 2.37. The van der Waals surface area contributed by atoms with Gasteiger partial charge in [-0.05, 0) is 17.7 Å². The number of nitrogens with zero attached hydrogens (tertiary/aromatic N) is 1. The first-order chi connectivity index (χ1) is 12.5. The number of aliphatic imine (C=N–C) groups is 1. The van der Waals surface area contributed by atoms with Crippen molar-refractivity contribution in [3.8, 4) is 0 Å². The zero-order valence-corrected chi connectivity index (χ0v) is 15.2. The van der Waals surface area contributed by atoms with E-state index in [4.69, 9.17) is 5.11 Å². The van der Waals surface area contributed by atoms with Crippen LogP contribution in [0.5, 0.6) is 0 Å². The molecule has 0 bridgehead atoms. The standard InChI is InChI=1S/C19H15NO4S2/c21-16(22)11-25-14-8-6-13(7-9-14)18-20-10-15(19(23)24)17(26-18)12-4-2-1-3-5-12/h1-9H,10-11H2,(H,21,22)(H,23,24). The van der Waals surface area contributed by atoms with Crippen LogP contribution < -0.4 is 0 Å². The molecule has 0 spiro atoms. The zero-order valence-electron chi connectivity index (χ0n) is 13.6. The summed E-state index contributed by atoms with van der Waals surface area (Å²) >= 11 is 2.60. The summed E-state index contributed by atoms with van der Waals surface area (Å²) < 4.78 is 0. The van der Waals surface area contributed by atoms with Crippen LogP contribution in [0, 0.1) is 0 Å². The van der Waals surface area contributed by atoms with E-state index in [1.807, 2.05) is 54.6 Å². The van der Waals surface area contributed by atoms with E-state index in [1.54, 1.807) is 0 Å². The lowest BCUT2D eigenvalue weighted by molar-refractivity contribution is -0.134. The number of carboxylic acid groups (broad SMARTS) is 2. The minimum Gasteiger partial charge on any atom is -0.481 e. The third-order valence-corrected chi connectivity index (χ3v) is 5.85. The maximum absolute atomic E-state index is 11.6. The van der Waals surface area contributed by atoms with Gasteiger partial charge in [-0.2, -0.15) is 0 Å². The normalized spacial score (nSPS) is 14.1. The zero-order chi connectivity index (χ0) is 18.5. The molecule has 5 nitrogen and oxygen atoms in total. The third-order valence-electron chi connectivity index (χ3n) is 3.61. The van der Waals surface area contributed by atoms with E-state index in [2.05, 4.69) is 4.99 Å². The molecule has 0 radical (unpaired) electrons. The molecule has 3 rings (SSSR count). The van der Waals surface area contributed by atoms with Gasteiger partial charge in [0.2, 0.25) is 0 Å². The minimum absolute atomic E-state index is 0.0118. The number of hydrogen-bond acceptors (Lipinski definition) is 5. The Bertz CT molecular complexity index is 890. The van der Waals surface area contributed by atoms with Crippen LogP contribution >= 0.6 is 23.5 Å². The molecule has 1 heterocycles. The third kappa shape index (κ3) is 4.36. The highest BCUT2D eigenvalue weighted by molar-refractivity contribution is 8.22. The first-order valence-electron chi connectivity index (χ1n) is 7.74. The van der Waals surface area contributed by atoms with Gasteiger partial charge in [-0.3, -0.25) is 9.79 Å². The molecule has 26 heavy (non-hydrogen) atoms. The van der Waals surface area contributed by atoms with Gasteiger partial charge in [0, 0.05) is 15.4 Å². The molecule has 132 valence electrons. The van der Waals surface area contributed by atoms with Crippen molar-refractivity contribution in [1.29, 1.82) is 0 Å². The molecule has 2 N–H and O–H groups in total. The first kappa shape index (κ1) is 18.3. The Balaban J connectivity index is 1.82. The smallest absolute Gasteiger partial charge is 0.334 e. The molecule has 0 atom stereocenters. The molecule has 2 aromatic rings. The highest BCUT2D eigenvalue weighted by atomic mass is 32.2. The predicted molar refractivity (Wildman–Crippen MR) is 105 cm³/mol. The fourth-order valence-electron chi connectivity index (χ4n) is 2.39. The Kier molecular flexibility index (Phi) is 5.80. The van der Waals surface area contributed by atoms with Gasteiger partial charge in [0.05, 0.1) is 17.9 Å². The summed E-state index contributed by atoms with van der Waals surface area (Å²) in [5.74, 6) is -1.80. The van der Waals surface area contributed by atoms with Crippen LogP contribution in [0.4, 0.5) is 0 Å². The van der Waals surface area contributed by atoms with Gasteiger partial charge < -0.3 is 10.2 Å². The fourth-order valence-corrected chi connectivity index (χ4v) is 4.11. The lowest BCUT2D eigenvalue weighted by atomic mass is 10.1. The molecule has 1 aliphatic heterocycles. The van der Waals surface area contributed by atoms with Crippen LogP contribution in [-0.2, 0) is 9.59 Å². The average Bonchev–Trinajstić information content (AvgIpc) is 2.67. The van der Waals surface area contributed by atoms with E-state index in [0.29, 0.717) is 10.5 Å². The van der Waals surface area contributed by atoms with Gasteiger partial charge >= 0.3 is 11.9 Å². The Morgan fingerprint density at radius 3 is 2.31 bits per heavy atom. The van der Waals surface area contributed by atoms with E-state index < -0.39 is 11.9 Å². The quantitative estimate of drug-likeness (QED) is 0.735. The predicted octanol–water partition coefficient (Wildman–Crippen LogP) is 3.85. The van der Waals surface area contributed by atoms with E-state index in [1.165, 1.54) is 23.5 Å². The Morgan fingerprint density at radius 1 is 1.00 bits per heavy atom.